The van der Waals surface area contributed by atoms with Gasteiger partial charge in [0, 0.05) is 17.3 Å². The molecule has 10 nitrogen and oxygen atoms in total. The van der Waals surface area contributed by atoms with Gasteiger partial charge in [-0.05, 0) is 97.4 Å². The molecule has 0 radical (unpaired) electrons. The summed E-state index contributed by atoms with van der Waals surface area (Å²) in [6, 6.07) is 22.4. The highest BCUT2D eigenvalue weighted by molar-refractivity contribution is 7.91. The number of phenolic OH excluding ortho intramolecular Hbond substituents is 1. The molecule has 0 fully saturated rings. The van der Waals surface area contributed by atoms with Crippen molar-refractivity contribution in [3.05, 3.63) is 108 Å². The largest absolute Gasteiger partial charge is 0.508 e. The van der Waals surface area contributed by atoms with E-state index in [2.05, 4.69) is 6.92 Å². The van der Waals surface area contributed by atoms with E-state index in [0.717, 1.165) is 12.8 Å². The molecule has 53 heavy (non-hydrogen) atoms. The zero-order valence-corrected chi connectivity index (χ0v) is 31.6. The summed E-state index contributed by atoms with van der Waals surface area (Å²) in [6.07, 6.45) is 10.4. The molecule has 0 spiro atoms. The Morgan fingerprint density at radius 3 is 1.85 bits per heavy atom. The predicted molar refractivity (Wildman–Crippen MR) is 204 cm³/mol. The van der Waals surface area contributed by atoms with Gasteiger partial charge in [0.15, 0.2) is 0 Å². The van der Waals surface area contributed by atoms with E-state index in [1.165, 1.54) is 143 Å². The van der Waals surface area contributed by atoms with Gasteiger partial charge >= 0.3 is 5.97 Å². The molecule has 0 aliphatic heterocycles. The van der Waals surface area contributed by atoms with Crippen LogP contribution < -0.4 is 13.9 Å². The van der Waals surface area contributed by atoms with Gasteiger partial charge in [-0.25, -0.2) is 17.6 Å². The van der Waals surface area contributed by atoms with Gasteiger partial charge < -0.3 is 19.3 Å². The van der Waals surface area contributed by atoms with E-state index in [0.29, 0.717) is 16.8 Å². The number of rotatable bonds is 21. The standard InChI is InChI=1S/C41H46ClNO9S/c1-3-4-5-6-7-8-9-10-11-12-28-51-34-20-16-30(17-21-34)38(45)39(40(46)43(42)32-15-13-14-31(29-32)41(47)50-2)52-35-22-26-37(27-23-35)53(48,49)36-24-18-33(44)19-25-36/h13-27,29,39,44H,3-12,28H2,1-2H3. The van der Waals surface area contributed by atoms with Crippen LogP contribution in [-0.4, -0.2) is 51.0 Å². The average Bonchev–Trinajstić information content (AvgIpc) is 3.18. The van der Waals surface area contributed by atoms with Crippen LogP contribution in [0.5, 0.6) is 17.2 Å². The van der Waals surface area contributed by atoms with E-state index in [4.69, 9.17) is 26.0 Å². The molecule has 12 heteroatoms. The van der Waals surface area contributed by atoms with Gasteiger partial charge in [-0.1, -0.05) is 70.8 Å². The third-order valence-corrected chi connectivity index (χ3v) is 10.7. The summed E-state index contributed by atoms with van der Waals surface area (Å²) in [5.74, 6) is -1.81. The first-order valence-electron chi connectivity index (χ1n) is 17.8. The number of hydrogen-bond acceptors (Lipinski definition) is 9. The Balaban J connectivity index is 1.46. The predicted octanol–water partition coefficient (Wildman–Crippen LogP) is 9.13. The lowest BCUT2D eigenvalue weighted by atomic mass is 10.0. The molecule has 1 atom stereocenters. The van der Waals surface area contributed by atoms with E-state index in [9.17, 15) is 27.9 Å². The number of carbonyl (C=O) groups is 3. The number of sulfone groups is 1. The van der Waals surface area contributed by atoms with Gasteiger partial charge in [-0.2, -0.15) is 0 Å². The Kier molecular flexibility index (Phi) is 15.7. The minimum atomic E-state index is -3.94. The van der Waals surface area contributed by atoms with Crippen LogP contribution in [0.25, 0.3) is 0 Å². The van der Waals surface area contributed by atoms with Crippen molar-refractivity contribution in [2.24, 2.45) is 0 Å². The quantitative estimate of drug-likeness (QED) is 0.0290. The van der Waals surface area contributed by atoms with E-state index < -0.39 is 33.6 Å². The average molecular weight is 764 g/mol. The van der Waals surface area contributed by atoms with Crippen molar-refractivity contribution in [1.29, 1.82) is 0 Å². The molecule has 0 bridgehead atoms. The fourth-order valence-corrected chi connectivity index (χ4v) is 7.01. The van der Waals surface area contributed by atoms with Crippen molar-refractivity contribution >= 4 is 45.0 Å². The summed E-state index contributed by atoms with van der Waals surface area (Å²) in [5.41, 5.74) is 0.368. The Morgan fingerprint density at radius 2 is 1.26 bits per heavy atom. The molecular formula is C41H46ClNO9S. The highest BCUT2D eigenvalue weighted by Gasteiger charge is 2.34. The third-order valence-electron chi connectivity index (χ3n) is 8.59. The topological polar surface area (TPSA) is 137 Å². The lowest BCUT2D eigenvalue weighted by molar-refractivity contribution is -0.122. The summed E-state index contributed by atoms with van der Waals surface area (Å²) in [5, 5.41) is 9.55. The van der Waals surface area contributed by atoms with Crippen LogP contribution in [0.2, 0.25) is 0 Å². The Bertz CT molecular complexity index is 1900. The molecule has 0 aliphatic carbocycles. The maximum absolute atomic E-state index is 13.9. The minimum Gasteiger partial charge on any atom is -0.508 e. The number of Topliss-reactive ketones (excluding diaryl/α,β-unsaturated/α-hetero) is 1. The zero-order valence-electron chi connectivity index (χ0n) is 30.0. The maximum atomic E-state index is 13.9. The summed E-state index contributed by atoms with van der Waals surface area (Å²) in [7, 11) is -2.72. The molecule has 0 heterocycles. The van der Waals surface area contributed by atoms with Crippen LogP contribution in [0, 0.1) is 0 Å². The van der Waals surface area contributed by atoms with Gasteiger partial charge in [0.05, 0.1) is 34.8 Å². The fourth-order valence-electron chi connectivity index (χ4n) is 5.56. The number of ether oxygens (including phenoxy) is 3. The molecule has 1 amide bonds. The van der Waals surface area contributed by atoms with E-state index >= 15 is 0 Å². The van der Waals surface area contributed by atoms with Crippen LogP contribution in [0.4, 0.5) is 5.69 Å². The van der Waals surface area contributed by atoms with Crippen molar-refractivity contribution in [3.8, 4) is 17.2 Å². The van der Waals surface area contributed by atoms with Gasteiger partial charge in [-0.15, -0.1) is 0 Å². The van der Waals surface area contributed by atoms with E-state index in [1.807, 2.05) is 0 Å². The van der Waals surface area contributed by atoms with Crippen molar-refractivity contribution < 1.29 is 42.1 Å². The van der Waals surface area contributed by atoms with Crippen LogP contribution in [0.15, 0.2) is 107 Å². The van der Waals surface area contributed by atoms with E-state index in [-0.39, 0.29) is 38.1 Å². The number of esters is 1. The Morgan fingerprint density at radius 1 is 0.717 bits per heavy atom. The third kappa shape index (κ3) is 11.8. The van der Waals surface area contributed by atoms with Crippen LogP contribution in [0.3, 0.4) is 0 Å². The molecule has 1 unspecified atom stereocenters. The number of amides is 1. The number of aromatic hydroxyl groups is 1. The lowest BCUT2D eigenvalue weighted by Gasteiger charge is -2.22. The first-order chi connectivity index (χ1) is 25.5. The Labute approximate surface area is 316 Å². The number of anilines is 1. The number of methoxy groups -OCH3 is 1. The van der Waals surface area contributed by atoms with Crippen LogP contribution in [0.1, 0.15) is 91.8 Å². The number of nitrogens with zero attached hydrogens (tertiary/aromatic N) is 1. The van der Waals surface area contributed by atoms with Crippen LogP contribution >= 0.6 is 11.8 Å². The number of benzene rings is 4. The number of phenols is 1. The van der Waals surface area contributed by atoms with Crippen molar-refractivity contribution in [2.45, 2.75) is 87.0 Å². The minimum absolute atomic E-state index is 0.0196. The van der Waals surface area contributed by atoms with Gasteiger partial charge in [0.1, 0.15) is 17.2 Å². The second kappa shape index (κ2) is 20.4. The summed E-state index contributed by atoms with van der Waals surface area (Å²) in [6.45, 7) is 2.76. The zero-order chi connectivity index (χ0) is 38.2. The molecule has 4 aromatic carbocycles. The van der Waals surface area contributed by atoms with Gasteiger partial charge in [0.2, 0.25) is 21.7 Å². The summed E-state index contributed by atoms with van der Waals surface area (Å²) >= 11 is 6.48. The Hall–Kier alpha value is -4.87. The first kappa shape index (κ1) is 40.9. The van der Waals surface area contributed by atoms with Crippen LogP contribution in [-0.2, 0) is 19.4 Å². The van der Waals surface area contributed by atoms with E-state index in [1.54, 1.807) is 12.1 Å². The lowest BCUT2D eigenvalue weighted by Crippen LogP contribution is -2.43. The monoisotopic (exact) mass is 763 g/mol. The molecular weight excluding hydrogens is 718 g/mol. The number of ketones is 1. The molecule has 0 aromatic heterocycles. The van der Waals surface area contributed by atoms with Crippen molar-refractivity contribution in [2.75, 3.05) is 18.1 Å². The van der Waals surface area contributed by atoms with Gasteiger partial charge in [-0.3, -0.25) is 9.59 Å². The molecule has 0 saturated heterocycles. The number of hydrogen-bond donors (Lipinski definition) is 1. The highest BCUT2D eigenvalue weighted by atomic mass is 35.5. The molecule has 0 aliphatic rings. The smallest absolute Gasteiger partial charge is 0.337 e. The maximum Gasteiger partial charge on any atom is 0.337 e. The SMILES string of the molecule is CCCCCCCCCCCCOc1ccc(C(=O)C(Oc2ccc(S(=O)(=O)c3ccc(O)cc3)cc2)C(=O)N(Cl)c2cccc(C(=O)OC)c2)cc1. The summed E-state index contributed by atoms with van der Waals surface area (Å²) < 4.78 is 43.5. The number of halogens is 1. The number of carbonyl (C=O) groups excluding carboxylic acids is 3. The van der Waals surface area contributed by atoms with Gasteiger partial charge in [0.25, 0.3) is 5.91 Å². The van der Waals surface area contributed by atoms with Crippen molar-refractivity contribution in [1.82, 2.24) is 0 Å². The highest BCUT2D eigenvalue weighted by Crippen LogP contribution is 2.27. The molecule has 1 N–H and O–H groups in total. The molecule has 282 valence electrons. The second-order valence-electron chi connectivity index (χ2n) is 12.5. The number of unbranched alkanes of at least 4 members (excludes halogenated alkanes) is 9. The normalized spacial score (nSPS) is 11.8. The summed E-state index contributed by atoms with van der Waals surface area (Å²) in [4.78, 5) is 39.7. The fraction of sp³-hybridized carbons (Fsp3) is 0.341. The second-order valence-corrected chi connectivity index (χ2v) is 14.8. The molecule has 4 aromatic rings. The first-order valence-corrected chi connectivity index (χ1v) is 19.6. The molecule has 4 rings (SSSR count). The van der Waals surface area contributed by atoms with Crippen molar-refractivity contribution in [3.63, 3.8) is 0 Å². The molecule has 0 saturated carbocycles.